The number of hydrogen-bond donors (Lipinski definition) is 0. The maximum absolute atomic E-state index is 12.9. The largest absolute Gasteiger partial charge is 0.360 e. The zero-order valence-corrected chi connectivity index (χ0v) is 14.0. The van der Waals surface area contributed by atoms with Crippen molar-refractivity contribution < 1.29 is 9.32 Å². The van der Waals surface area contributed by atoms with Crippen molar-refractivity contribution in [2.75, 3.05) is 13.1 Å². The monoisotopic (exact) mass is 336 g/mol. The number of para-hydroxylation sites is 1. The molecule has 0 saturated carbocycles. The van der Waals surface area contributed by atoms with E-state index in [0.29, 0.717) is 12.2 Å². The highest BCUT2D eigenvalue weighted by Gasteiger charge is 2.33. The van der Waals surface area contributed by atoms with Gasteiger partial charge in [0.25, 0.3) is 5.91 Å². The van der Waals surface area contributed by atoms with Gasteiger partial charge in [-0.05, 0) is 31.7 Å². The molecule has 0 spiro atoms. The lowest BCUT2D eigenvalue weighted by molar-refractivity contribution is 0.0776. The fourth-order valence-electron chi connectivity index (χ4n) is 4.11. The molecule has 6 nitrogen and oxygen atoms in total. The van der Waals surface area contributed by atoms with Gasteiger partial charge in [-0.15, -0.1) is 0 Å². The Hall–Kier alpha value is -2.63. The van der Waals surface area contributed by atoms with Crippen LogP contribution in [0.15, 0.2) is 35.0 Å². The second-order valence-electron chi connectivity index (χ2n) is 6.98. The summed E-state index contributed by atoms with van der Waals surface area (Å²) in [6.45, 7) is 1.41. The quantitative estimate of drug-likeness (QED) is 0.722. The summed E-state index contributed by atoms with van der Waals surface area (Å²) in [6, 6.07) is 8.41. The molecule has 3 heterocycles. The number of nitrogens with zero attached hydrogens (tertiary/aromatic N) is 4. The van der Waals surface area contributed by atoms with Crippen molar-refractivity contribution in [3.05, 3.63) is 47.5 Å². The molecule has 0 N–H and O–H groups in total. The van der Waals surface area contributed by atoms with Crippen molar-refractivity contribution in [3.8, 4) is 0 Å². The van der Waals surface area contributed by atoms with Crippen LogP contribution < -0.4 is 0 Å². The first-order chi connectivity index (χ1) is 12.3. The van der Waals surface area contributed by atoms with E-state index in [2.05, 4.69) is 27.1 Å². The SMILES string of the molecule is O=C(c1noc2c1CCCC2)N1CCC(n2ncc3ccccc32)C1. The van der Waals surface area contributed by atoms with Crippen molar-refractivity contribution in [2.24, 2.45) is 0 Å². The molecule has 1 aromatic carbocycles. The summed E-state index contributed by atoms with van der Waals surface area (Å²) in [7, 11) is 0. The normalized spacial score (nSPS) is 20.2. The first-order valence-electron chi connectivity index (χ1n) is 9.00. The molecular formula is C19H20N4O2. The number of hydrogen-bond acceptors (Lipinski definition) is 4. The first kappa shape index (κ1) is 14.7. The van der Waals surface area contributed by atoms with Crippen molar-refractivity contribution >= 4 is 16.8 Å². The van der Waals surface area contributed by atoms with Crippen LogP contribution in [0.4, 0.5) is 0 Å². The Bertz CT molecular complexity index is 942. The van der Waals surface area contributed by atoms with Crippen LogP contribution in [-0.2, 0) is 12.8 Å². The zero-order valence-electron chi connectivity index (χ0n) is 14.0. The highest BCUT2D eigenvalue weighted by atomic mass is 16.5. The summed E-state index contributed by atoms with van der Waals surface area (Å²) < 4.78 is 7.47. The van der Waals surface area contributed by atoms with E-state index in [-0.39, 0.29) is 11.9 Å². The Labute approximate surface area is 145 Å². The summed E-state index contributed by atoms with van der Waals surface area (Å²) in [4.78, 5) is 14.8. The predicted molar refractivity (Wildman–Crippen MR) is 92.4 cm³/mol. The highest BCUT2D eigenvalue weighted by molar-refractivity contribution is 5.94. The number of fused-ring (bicyclic) bond motifs is 2. The molecule has 25 heavy (non-hydrogen) atoms. The van der Waals surface area contributed by atoms with E-state index in [1.165, 1.54) is 0 Å². The first-order valence-corrected chi connectivity index (χ1v) is 9.00. The van der Waals surface area contributed by atoms with Gasteiger partial charge in [-0.25, -0.2) is 0 Å². The Kier molecular flexibility index (Phi) is 3.36. The van der Waals surface area contributed by atoms with Gasteiger partial charge in [-0.3, -0.25) is 9.48 Å². The fourth-order valence-corrected chi connectivity index (χ4v) is 4.11. The number of rotatable bonds is 2. The lowest BCUT2D eigenvalue weighted by atomic mass is 9.96. The predicted octanol–water partition coefficient (Wildman–Crippen LogP) is 2.99. The van der Waals surface area contributed by atoms with Crippen LogP contribution >= 0.6 is 0 Å². The Morgan fingerprint density at radius 3 is 3.04 bits per heavy atom. The van der Waals surface area contributed by atoms with E-state index < -0.39 is 0 Å². The van der Waals surface area contributed by atoms with E-state index in [9.17, 15) is 4.79 Å². The van der Waals surface area contributed by atoms with Crippen molar-refractivity contribution in [3.63, 3.8) is 0 Å². The second kappa shape index (κ2) is 5.72. The van der Waals surface area contributed by atoms with Crippen molar-refractivity contribution in [1.82, 2.24) is 19.8 Å². The molecule has 3 aromatic rings. The third-order valence-corrected chi connectivity index (χ3v) is 5.45. The van der Waals surface area contributed by atoms with E-state index in [1.807, 2.05) is 23.2 Å². The molecule has 2 aliphatic rings. The third kappa shape index (κ3) is 2.35. The average molecular weight is 336 g/mol. The molecule has 1 atom stereocenters. The summed E-state index contributed by atoms with van der Waals surface area (Å²) in [5.74, 6) is 0.911. The van der Waals surface area contributed by atoms with Gasteiger partial charge in [0.1, 0.15) is 5.76 Å². The van der Waals surface area contributed by atoms with Gasteiger partial charge in [0.05, 0.1) is 17.8 Å². The van der Waals surface area contributed by atoms with E-state index in [1.54, 1.807) is 0 Å². The number of carbonyl (C=O) groups excluding carboxylic acids is 1. The minimum Gasteiger partial charge on any atom is -0.360 e. The van der Waals surface area contributed by atoms with Crippen molar-refractivity contribution in [1.29, 1.82) is 0 Å². The van der Waals surface area contributed by atoms with Gasteiger partial charge in [0.15, 0.2) is 5.69 Å². The Balaban J connectivity index is 1.38. The summed E-state index contributed by atoms with van der Waals surface area (Å²) >= 11 is 0. The van der Waals surface area contributed by atoms with E-state index >= 15 is 0 Å². The van der Waals surface area contributed by atoms with Crippen LogP contribution in [0.2, 0.25) is 0 Å². The Morgan fingerprint density at radius 1 is 1.20 bits per heavy atom. The molecule has 5 rings (SSSR count). The summed E-state index contributed by atoms with van der Waals surface area (Å²) in [5, 5.41) is 9.78. The average Bonchev–Trinajstić information content (AvgIpc) is 3.38. The summed E-state index contributed by atoms with van der Waals surface area (Å²) in [6.07, 6.45) is 6.84. The fraction of sp³-hybridized carbons (Fsp3) is 0.421. The standard InChI is InChI=1S/C19H20N4O2/c24-19(18-15-6-2-4-8-17(15)25-21-18)22-10-9-14(12-22)23-16-7-3-1-5-13(16)11-20-23/h1,3,5,7,11,14H,2,4,6,8-10,12H2. The molecule has 1 saturated heterocycles. The maximum Gasteiger partial charge on any atom is 0.276 e. The molecule has 1 aliphatic carbocycles. The minimum absolute atomic E-state index is 0.00543. The Morgan fingerprint density at radius 2 is 2.08 bits per heavy atom. The van der Waals surface area contributed by atoms with Crippen LogP contribution in [0.5, 0.6) is 0 Å². The molecule has 128 valence electrons. The third-order valence-electron chi connectivity index (χ3n) is 5.45. The molecule has 0 bridgehead atoms. The number of likely N-dealkylation sites (tertiary alicyclic amines) is 1. The van der Waals surface area contributed by atoms with Gasteiger partial charge in [0.2, 0.25) is 0 Å². The molecule has 6 heteroatoms. The van der Waals surface area contributed by atoms with Crippen LogP contribution in [0, 0.1) is 0 Å². The minimum atomic E-state index is 0.00543. The lowest BCUT2D eigenvalue weighted by Gasteiger charge is -2.17. The molecular weight excluding hydrogens is 316 g/mol. The van der Waals surface area contributed by atoms with Gasteiger partial charge in [-0.1, -0.05) is 23.4 Å². The lowest BCUT2D eigenvalue weighted by Crippen LogP contribution is -2.30. The van der Waals surface area contributed by atoms with Gasteiger partial charge in [-0.2, -0.15) is 5.10 Å². The van der Waals surface area contributed by atoms with Crippen LogP contribution in [-0.4, -0.2) is 38.8 Å². The zero-order chi connectivity index (χ0) is 16.8. The summed E-state index contributed by atoms with van der Waals surface area (Å²) in [5.41, 5.74) is 2.69. The van der Waals surface area contributed by atoms with Crippen LogP contribution in [0.1, 0.15) is 47.1 Å². The van der Waals surface area contributed by atoms with Gasteiger partial charge < -0.3 is 9.42 Å². The molecule has 2 aromatic heterocycles. The van der Waals surface area contributed by atoms with Crippen molar-refractivity contribution in [2.45, 2.75) is 38.1 Å². The topological polar surface area (TPSA) is 64.2 Å². The highest BCUT2D eigenvalue weighted by Crippen LogP contribution is 2.29. The molecule has 1 fully saturated rings. The molecule has 1 unspecified atom stereocenters. The number of aryl methyl sites for hydroxylation is 1. The van der Waals surface area contributed by atoms with Crippen LogP contribution in [0.3, 0.4) is 0 Å². The number of benzene rings is 1. The van der Waals surface area contributed by atoms with E-state index in [4.69, 9.17) is 4.52 Å². The van der Waals surface area contributed by atoms with E-state index in [0.717, 1.165) is 60.9 Å². The van der Waals surface area contributed by atoms with Gasteiger partial charge in [0, 0.05) is 30.5 Å². The molecule has 1 amide bonds. The number of carbonyl (C=O) groups is 1. The number of amides is 1. The molecule has 1 aliphatic heterocycles. The second-order valence-corrected chi connectivity index (χ2v) is 6.98. The maximum atomic E-state index is 12.9. The van der Waals surface area contributed by atoms with Crippen LogP contribution in [0.25, 0.3) is 10.9 Å². The molecule has 0 radical (unpaired) electrons. The van der Waals surface area contributed by atoms with Gasteiger partial charge >= 0.3 is 0 Å². The smallest absolute Gasteiger partial charge is 0.276 e. The number of aromatic nitrogens is 3.